The quantitative estimate of drug-likeness (QED) is 0.182. The van der Waals surface area contributed by atoms with Gasteiger partial charge in [0.05, 0.1) is 25.9 Å². The second kappa shape index (κ2) is 20.1. The molecular formula is C33H46N2O4S. The molecule has 0 spiro atoms. The Morgan fingerprint density at radius 1 is 0.975 bits per heavy atom. The molecule has 6 nitrogen and oxygen atoms in total. The smallest absolute Gasteiger partial charge is 0.220 e. The van der Waals surface area contributed by atoms with Crippen LogP contribution in [0.5, 0.6) is 5.75 Å². The van der Waals surface area contributed by atoms with Gasteiger partial charge in [-0.25, -0.2) is 0 Å². The lowest BCUT2D eigenvalue weighted by Crippen LogP contribution is -2.39. The van der Waals surface area contributed by atoms with Gasteiger partial charge in [0, 0.05) is 17.9 Å². The monoisotopic (exact) mass is 566 g/mol. The van der Waals surface area contributed by atoms with Gasteiger partial charge < -0.3 is 15.2 Å². The number of hydroxylamine groups is 1. The molecule has 3 aromatic rings. The summed E-state index contributed by atoms with van der Waals surface area (Å²) >= 11 is 1.45. The average molecular weight is 567 g/mol. The summed E-state index contributed by atoms with van der Waals surface area (Å²) in [5, 5.41) is 13.4. The zero-order chi connectivity index (χ0) is 29.0. The first-order valence-electron chi connectivity index (χ1n) is 14.3. The van der Waals surface area contributed by atoms with Gasteiger partial charge in [0.15, 0.2) is 0 Å². The van der Waals surface area contributed by atoms with Crippen LogP contribution in [0.1, 0.15) is 57.1 Å². The molecule has 218 valence electrons. The van der Waals surface area contributed by atoms with Crippen LogP contribution in [0.3, 0.4) is 0 Å². The zero-order valence-corrected chi connectivity index (χ0v) is 25.2. The molecule has 0 bridgehead atoms. The third-order valence-corrected chi connectivity index (χ3v) is 7.08. The fourth-order valence-corrected chi connectivity index (χ4v) is 4.91. The van der Waals surface area contributed by atoms with E-state index < -0.39 is 6.10 Å². The maximum absolute atomic E-state index is 12.2. The van der Waals surface area contributed by atoms with E-state index in [0.29, 0.717) is 19.4 Å². The van der Waals surface area contributed by atoms with Gasteiger partial charge >= 0.3 is 0 Å². The predicted molar refractivity (Wildman–Crippen MR) is 165 cm³/mol. The highest BCUT2D eigenvalue weighted by Crippen LogP contribution is 2.29. The second-order valence-corrected chi connectivity index (χ2v) is 10.5. The lowest BCUT2D eigenvalue weighted by Gasteiger charge is -2.26. The van der Waals surface area contributed by atoms with Crippen molar-refractivity contribution >= 4 is 17.9 Å². The van der Waals surface area contributed by atoms with Crippen molar-refractivity contribution < 1.29 is 19.5 Å². The van der Waals surface area contributed by atoms with Gasteiger partial charge in [0.2, 0.25) is 5.91 Å². The van der Waals surface area contributed by atoms with Crippen LogP contribution in [0.15, 0.2) is 89.8 Å². The van der Waals surface area contributed by atoms with Crippen LogP contribution in [0.2, 0.25) is 0 Å². The van der Waals surface area contributed by atoms with E-state index >= 15 is 0 Å². The highest BCUT2D eigenvalue weighted by molar-refractivity contribution is 7.96. The summed E-state index contributed by atoms with van der Waals surface area (Å²) in [6.07, 6.45) is 4.95. The number of carbonyl (C=O) groups is 1. The minimum absolute atomic E-state index is 0.0611. The molecular weight excluding hydrogens is 520 g/mol. The molecule has 1 saturated carbocycles. The first-order valence-corrected chi connectivity index (χ1v) is 15.1. The van der Waals surface area contributed by atoms with Crippen LogP contribution in [-0.4, -0.2) is 47.9 Å². The summed E-state index contributed by atoms with van der Waals surface area (Å²) in [6, 6.07) is 27.9. The van der Waals surface area contributed by atoms with Gasteiger partial charge in [-0.3, -0.25) is 9.63 Å². The molecule has 0 radical (unpaired) electrons. The van der Waals surface area contributed by atoms with E-state index in [1.165, 1.54) is 30.4 Å². The molecule has 1 unspecified atom stereocenters. The molecule has 0 heterocycles. The molecule has 1 atom stereocenters. The zero-order valence-electron chi connectivity index (χ0n) is 24.4. The van der Waals surface area contributed by atoms with E-state index in [1.54, 1.807) is 11.6 Å². The first kappa shape index (κ1) is 33.4. The fourth-order valence-electron chi connectivity index (χ4n) is 4.01. The standard InChI is InChI=1S/C24H32N2O4S.C7H8.C2H6/c1-29-21-12-14-23(15-13-21)31-26(30-22-9-5-6-10-22)18-20(27)17-25-24(28)16-11-19-7-3-2-4-8-19;1-7-5-3-2-4-6-7;1-2/h2-4,7-8,12-15,20,22,27H,5-6,9-11,16-18H2,1H3,(H,25,28);2-6H,1H3;1-2H3. The van der Waals surface area contributed by atoms with Crippen LogP contribution in [0.25, 0.3) is 0 Å². The van der Waals surface area contributed by atoms with Crippen LogP contribution < -0.4 is 10.1 Å². The molecule has 1 aliphatic rings. The van der Waals surface area contributed by atoms with E-state index in [0.717, 1.165) is 29.1 Å². The molecule has 0 saturated heterocycles. The van der Waals surface area contributed by atoms with Crippen molar-refractivity contribution in [3.05, 3.63) is 96.1 Å². The highest BCUT2D eigenvalue weighted by Gasteiger charge is 2.22. The van der Waals surface area contributed by atoms with Crippen molar-refractivity contribution in [1.29, 1.82) is 0 Å². The third-order valence-electron chi connectivity index (χ3n) is 6.15. The number of methoxy groups -OCH3 is 1. The molecule has 1 fully saturated rings. The molecule has 0 aromatic heterocycles. The SMILES string of the molecule is CC.COc1ccc(SN(CC(O)CNC(=O)CCc2ccccc2)OC2CCCC2)cc1.Cc1ccccc1. The number of aryl methyl sites for hydroxylation is 2. The van der Waals surface area contributed by atoms with Gasteiger partial charge in [0.1, 0.15) is 5.75 Å². The Kier molecular flexibility index (Phi) is 16.8. The Labute approximate surface area is 245 Å². The lowest BCUT2D eigenvalue weighted by atomic mass is 10.1. The van der Waals surface area contributed by atoms with E-state index in [9.17, 15) is 9.90 Å². The number of aliphatic hydroxyl groups excluding tert-OH is 1. The normalized spacial score (nSPS) is 13.4. The summed E-state index contributed by atoms with van der Waals surface area (Å²) in [5.41, 5.74) is 2.45. The molecule has 1 amide bonds. The number of hydrogen-bond donors (Lipinski definition) is 2. The summed E-state index contributed by atoms with van der Waals surface area (Å²) in [6.45, 7) is 6.58. The Morgan fingerprint density at radius 3 is 2.12 bits per heavy atom. The fraction of sp³-hybridized carbons (Fsp3) is 0.424. The Morgan fingerprint density at radius 2 is 1.57 bits per heavy atom. The number of nitrogens with one attached hydrogen (secondary N) is 1. The second-order valence-electron chi connectivity index (χ2n) is 9.39. The number of nitrogens with zero attached hydrogens (tertiary/aromatic N) is 1. The third kappa shape index (κ3) is 14.0. The van der Waals surface area contributed by atoms with Gasteiger partial charge in [0.25, 0.3) is 0 Å². The minimum atomic E-state index is -0.729. The molecule has 0 aliphatic heterocycles. The van der Waals surface area contributed by atoms with Crippen molar-refractivity contribution in [2.75, 3.05) is 20.2 Å². The predicted octanol–water partition coefficient (Wildman–Crippen LogP) is 7.01. The maximum Gasteiger partial charge on any atom is 0.220 e. The van der Waals surface area contributed by atoms with E-state index in [4.69, 9.17) is 9.57 Å². The van der Waals surface area contributed by atoms with Crippen molar-refractivity contribution in [2.24, 2.45) is 0 Å². The molecule has 3 aromatic carbocycles. The summed E-state index contributed by atoms with van der Waals surface area (Å²) < 4.78 is 6.96. The van der Waals surface area contributed by atoms with Crippen molar-refractivity contribution in [3.8, 4) is 5.75 Å². The number of hydrogen-bond acceptors (Lipinski definition) is 6. The first-order chi connectivity index (χ1) is 19.5. The van der Waals surface area contributed by atoms with Crippen LogP contribution in [0.4, 0.5) is 0 Å². The largest absolute Gasteiger partial charge is 0.497 e. The number of amides is 1. The Balaban J connectivity index is 0.000000534. The Bertz CT molecular complexity index is 1050. The molecule has 40 heavy (non-hydrogen) atoms. The van der Waals surface area contributed by atoms with Crippen molar-refractivity contribution in [1.82, 2.24) is 9.79 Å². The van der Waals surface area contributed by atoms with Crippen LogP contribution >= 0.6 is 11.9 Å². The van der Waals surface area contributed by atoms with Crippen molar-refractivity contribution in [3.63, 3.8) is 0 Å². The molecule has 4 rings (SSSR count). The van der Waals surface area contributed by atoms with E-state index in [2.05, 4.69) is 24.4 Å². The maximum atomic E-state index is 12.2. The number of ether oxygens (including phenoxy) is 1. The number of benzene rings is 3. The molecule has 2 N–H and O–H groups in total. The number of aliphatic hydroxyl groups is 1. The number of rotatable bonds is 12. The summed E-state index contributed by atoms with van der Waals surface area (Å²) in [5.74, 6) is 0.736. The van der Waals surface area contributed by atoms with Gasteiger partial charge in [-0.2, -0.15) is 0 Å². The number of carbonyl (C=O) groups excluding carboxylic acids is 1. The van der Waals surface area contributed by atoms with E-state index in [1.807, 2.05) is 86.6 Å². The topological polar surface area (TPSA) is 71.0 Å². The summed E-state index contributed by atoms with van der Waals surface area (Å²) in [4.78, 5) is 19.3. The lowest BCUT2D eigenvalue weighted by molar-refractivity contribution is -0.136. The molecule has 7 heteroatoms. The van der Waals surface area contributed by atoms with E-state index in [-0.39, 0.29) is 18.6 Å². The van der Waals surface area contributed by atoms with Gasteiger partial charge in [-0.1, -0.05) is 92.9 Å². The Hall–Kier alpha value is -2.84. The summed E-state index contributed by atoms with van der Waals surface area (Å²) in [7, 11) is 1.64. The van der Waals surface area contributed by atoms with Crippen LogP contribution in [-0.2, 0) is 16.1 Å². The minimum Gasteiger partial charge on any atom is -0.497 e. The highest BCUT2D eigenvalue weighted by atomic mass is 32.2. The van der Waals surface area contributed by atoms with Crippen LogP contribution in [0, 0.1) is 6.92 Å². The molecule has 1 aliphatic carbocycles. The van der Waals surface area contributed by atoms with Gasteiger partial charge in [-0.15, -0.1) is 4.47 Å². The van der Waals surface area contributed by atoms with Crippen molar-refractivity contribution in [2.45, 2.75) is 76.4 Å². The average Bonchev–Trinajstić information content (AvgIpc) is 3.51. The van der Waals surface area contributed by atoms with Gasteiger partial charge in [-0.05, 0) is 68.0 Å².